The van der Waals surface area contributed by atoms with Crippen LogP contribution < -0.4 is 9.47 Å². The van der Waals surface area contributed by atoms with Crippen molar-refractivity contribution in [3.8, 4) is 11.5 Å². The number of carbonyl (C=O) groups is 3. The summed E-state index contributed by atoms with van der Waals surface area (Å²) in [7, 11) is 3.55. The third-order valence-corrected chi connectivity index (χ3v) is 2.23. The van der Waals surface area contributed by atoms with Gasteiger partial charge in [0.15, 0.2) is 17.3 Å². The Morgan fingerprint density at radius 3 is 2.00 bits per heavy atom. The number of ketones is 1. The van der Waals surface area contributed by atoms with Crippen molar-refractivity contribution in [1.82, 2.24) is 4.90 Å². The molecular weight excluding hydrogens is 298 g/mol. The molecule has 0 N–H and O–H groups in total. The second-order valence-electron chi connectivity index (χ2n) is 4.51. The van der Waals surface area contributed by atoms with Crippen LogP contribution >= 0.6 is 12.4 Å². The molecule has 0 bridgehead atoms. The summed E-state index contributed by atoms with van der Waals surface area (Å²) in [6, 6.07) is 4.35. The van der Waals surface area contributed by atoms with Gasteiger partial charge >= 0.3 is 11.9 Å². The number of esters is 2. The van der Waals surface area contributed by atoms with Gasteiger partial charge in [-0.05, 0) is 32.3 Å². The molecule has 0 aliphatic heterocycles. The van der Waals surface area contributed by atoms with E-state index < -0.39 is 11.9 Å². The maximum absolute atomic E-state index is 11.9. The van der Waals surface area contributed by atoms with Gasteiger partial charge in [0.25, 0.3) is 0 Å². The summed E-state index contributed by atoms with van der Waals surface area (Å²) in [5.74, 6) is -1.06. The molecule has 0 heterocycles. The van der Waals surface area contributed by atoms with Gasteiger partial charge in [-0.3, -0.25) is 14.4 Å². The van der Waals surface area contributed by atoms with E-state index in [0.29, 0.717) is 5.56 Å². The Morgan fingerprint density at radius 1 is 1.00 bits per heavy atom. The molecule has 1 rings (SSSR count). The van der Waals surface area contributed by atoms with Crippen LogP contribution in [0, 0.1) is 0 Å². The normalized spacial score (nSPS) is 9.76. The van der Waals surface area contributed by atoms with Crippen LogP contribution in [0.15, 0.2) is 18.2 Å². The highest BCUT2D eigenvalue weighted by Crippen LogP contribution is 2.29. The zero-order valence-electron chi connectivity index (χ0n) is 12.3. The van der Waals surface area contributed by atoms with Gasteiger partial charge in [-0.15, -0.1) is 12.4 Å². The first-order valence-electron chi connectivity index (χ1n) is 5.98. The van der Waals surface area contributed by atoms with E-state index in [2.05, 4.69) is 0 Å². The molecule has 0 radical (unpaired) electrons. The summed E-state index contributed by atoms with van der Waals surface area (Å²) in [5, 5.41) is 0. The van der Waals surface area contributed by atoms with Crippen molar-refractivity contribution >= 4 is 30.1 Å². The minimum atomic E-state index is -0.560. The van der Waals surface area contributed by atoms with Crippen molar-refractivity contribution in [2.75, 3.05) is 20.6 Å². The second kappa shape index (κ2) is 8.39. The van der Waals surface area contributed by atoms with E-state index in [1.807, 2.05) is 0 Å². The van der Waals surface area contributed by atoms with Crippen molar-refractivity contribution in [3.05, 3.63) is 23.8 Å². The molecule has 0 aromatic heterocycles. The lowest BCUT2D eigenvalue weighted by molar-refractivity contribution is -0.134. The molecule has 0 amide bonds. The van der Waals surface area contributed by atoms with Crippen LogP contribution in [0.5, 0.6) is 11.5 Å². The molecule has 0 spiro atoms. The van der Waals surface area contributed by atoms with Gasteiger partial charge in [-0.1, -0.05) is 0 Å². The summed E-state index contributed by atoms with van der Waals surface area (Å²) in [6.07, 6.45) is 0. The first-order chi connectivity index (χ1) is 9.29. The number of hydrogen-bond acceptors (Lipinski definition) is 6. The Labute approximate surface area is 129 Å². The molecule has 0 saturated carbocycles. The summed E-state index contributed by atoms with van der Waals surface area (Å²) in [6.45, 7) is 2.70. The third-order valence-electron chi connectivity index (χ3n) is 2.23. The maximum Gasteiger partial charge on any atom is 0.308 e. The first kappa shape index (κ1) is 19.1. The van der Waals surface area contributed by atoms with Crippen molar-refractivity contribution in [3.63, 3.8) is 0 Å². The standard InChI is InChI=1S/C14H17NO5.ClH/c1-9(16)19-13-6-5-11(12(18)8-15(3)4)7-14(13)20-10(2)17;/h5-7H,8H2,1-4H3;1H. The second-order valence-corrected chi connectivity index (χ2v) is 4.51. The molecule has 7 heteroatoms. The molecule has 0 unspecified atom stereocenters. The lowest BCUT2D eigenvalue weighted by atomic mass is 10.1. The molecule has 6 nitrogen and oxygen atoms in total. The Bertz CT molecular complexity index is 542. The molecule has 1 aromatic rings. The van der Waals surface area contributed by atoms with Crippen LogP contribution in [0.25, 0.3) is 0 Å². The van der Waals surface area contributed by atoms with Crippen LogP contribution in [0.3, 0.4) is 0 Å². The number of halogens is 1. The van der Waals surface area contributed by atoms with Gasteiger partial charge in [0.2, 0.25) is 0 Å². The fourth-order valence-electron chi connectivity index (χ4n) is 1.53. The van der Waals surface area contributed by atoms with Crippen molar-refractivity contribution < 1.29 is 23.9 Å². The van der Waals surface area contributed by atoms with E-state index in [9.17, 15) is 14.4 Å². The van der Waals surface area contributed by atoms with Crippen molar-refractivity contribution in [1.29, 1.82) is 0 Å². The predicted molar refractivity (Wildman–Crippen MR) is 79.2 cm³/mol. The summed E-state index contributed by atoms with van der Waals surface area (Å²) in [4.78, 5) is 35.7. The quantitative estimate of drug-likeness (QED) is 0.468. The molecular formula is C14H18ClNO5. The Morgan fingerprint density at radius 2 is 1.52 bits per heavy atom. The number of ether oxygens (including phenoxy) is 2. The van der Waals surface area contributed by atoms with E-state index in [4.69, 9.17) is 9.47 Å². The SMILES string of the molecule is CC(=O)Oc1ccc(C(=O)CN(C)C)cc1OC(C)=O.Cl. The zero-order chi connectivity index (χ0) is 15.3. The van der Waals surface area contributed by atoms with Gasteiger partial charge in [-0.2, -0.15) is 0 Å². The van der Waals surface area contributed by atoms with Crippen LogP contribution in [0.2, 0.25) is 0 Å². The molecule has 0 aliphatic carbocycles. The monoisotopic (exact) mass is 315 g/mol. The maximum atomic E-state index is 11.9. The van der Waals surface area contributed by atoms with E-state index in [1.165, 1.54) is 32.0 Å². The molecule has 0 saturated heterocycles. The zero-order valence-corrected chi connectivity index (χ0v) is 13.2. The average Bonchev–Trinajstić information content (AvgIpc) is 2.29. The molecule has 0 aliphatic rings. The van der Waals surface area contributed by atoms with Gasteiger partial charge in [-0.25, -0.2) is 0 Å². The summed E-state index contributed by atoms with van der Waals surface area (Å²) >= 11 is 0. The number of likely N-dealkylation sites (N-methyl/N-ethyl adjacent to an activating group) is 1. The first-order valence-corrected chi connectivity index (χ1v) is 5.98. The number of rotatable bonds is 5. The fourth-order valence-corrected chi connectivity index (χ4v) is 1.53. The topological polar surface area (TPSA) is 72.9 Å². The molecule has 0 fully saturated rings. The number of hydrogen-bond donors (Lipinski definition) is 0. The molecule has 21 heavy (non-hydrogen) atoms. The lowest BCUT2D eigenvalue weighted by Gasteiger charge is -2.12. The Kier molecular flexibility index (Phi) is 7.62. The van der Waals surface area contributed by atoms with Crippen LogP contribution in [-0.2, 0) is 9.59 Å². The highest BCUT2D eigenvalue weighted by atomic mass is 35.5. The molecule has 0 atom stereocenters. The predicted octanol–water partition coefficient (Wildman–Crippen LogP) is 1.70. The van der Waals surface area contributed by atoms with Crippen LogP contribution in [0.1, 0.15) is 24.2 Å². The Hall–Kier alpha value is -1.92. The summed E-state index contributed by atoms with van der Waals surface area (Å²) in [5.41, 5.74) is 0.380. The van der Waals surface area contributed by atoms with E-state index in [1.54, 1.807) is 19.0 Å². The summed E-state index contributed by atoms with van der Waals surface area (Å²) < 4.78 is 9.88. The highest BCUT2D eigenvalue weighted by molar-refractivity contribution is 5.98. The van der Waals surface area contributed by atoms with Gasteiger partial charge in [0, 0.05) is 19.4 Å². The van der Waals surface area contributed by atoms with Gasteiger partial charge in [0.05, 0.1) is 6.54 Å². The number of nitrogens with zero attached hydrogens (tertiary/aromatic N) is 1. The van der Waals surface area contributed by atoms with Gasteiger partial charge < -0.3 is 14.4 Å². The van der Waals surface area contributed by atoms with E-state index >= 15 is 0 Å². The lowest BCUT2D eigenvalue weighted by Crippen LogP contribution is -2.21. The average molecular weight is 316 g/mol. The van der Waals surface area contributed by atoms with Crippen molar-refractivity contribution in [2.45, 2.75) is 13.8 Å². The molecule has 1 aromatic carbocycles. The van der Waals surface area contributed by atoms with Crippen molar-refractivity contribution in [2.24, 2.45) is 0 Å². The number of carbonyl (C=O) groups excluding carboxylic acids is 3. The third kappa shape index (κ3) is 6.37. The highest BCUT2D eigenvalue weighted by Gasteiger charge is 2.15. The van der Waals surface area contributed by atoms with Gasteiger partial charge in [0.1, 0.15) is 0 Å². The Balaban J connectivity index is 0.00000400. The fraction of sp³-hybridized carbons (Fsp3) is 0.357. The minimum Gasteiger partial charge on any atom is -0.423 e. The number of Topliss-reactive ketones (excluding diaryl/α,β-unsaturated/α-hetero) is 1. The molecule has 116 valence electrons. The number of benzene rings is 1. The van der Waals surface area contributed by atoms with Crippen LogP contribution in [-0.4, -0.2) is 43.3 Å². The van der Waals surface area contributed by atoms with Crippen LogP contribution in [0.4, 0.5) is 0 Å². The largest absolute Gasteiger partial charge is 0.423 e. The minimum absolute atomic E-state index is 0. The smallest absolute Gasteiger partial charge is 0.308 e. The van der Waals surface area contributed by atoms with E-state index in [-0.39, 0.29) is 36.2 Å². The van der Waals surface area contributed by atoms with E-state index in [0.717, 1.165) is 0 Å².